The molecule has 9 heteroatoms. The Labute approximate surface area is 118 Å². The van der Waals surface area contributed by atoms with Gasteiger partial charge < -0.3 is 9.52 Å². The fraction of sp³-hybridized carbons (Fsp3) is 0.545. The maximum atomic E-state index is 12.2. The van der Waals surface area contributed by atoms with E-state index in [9.17, 15) is 17.4 Å². The van der Waals surface area contributed by atoms with Crippen molar-refractivity contribution < 1.29 is 26.9 Å². The van der Waals surface area contributed by atoms with Gasteiger partial charge in [0.2, 0.25) is 15.8 Å². The second-order valence-corrected chi connectivity index (χ2v) is 7.96. The van der Waals surface area contributed by atoms with E-state index < -0.39 is 32.6 Å². The molecule has 112 valence electrons. The molecule has 2 rings (SSSR count). The number of hydrogen-bond donors (Lipinski definition) is 2. The van der Waals surface area contributed by atoms with Gasteiger partial charge in [-0.3, -0.25) is 4.21 Å². The van der Waals surface area contributed by atoms with E-state index in [0.717, 1.165) is 6.07 Å². The molecule has 1 aromatic heterocycles. The number of carbonyl (C=O) groups is 1. The fourth-order valence-corrected chi connectivity index (χ4v) is 4.81. The molecule has 1 saturated heterocycles. The third kappa shape index (κ3) is 3.28. The minimum atomic E-state index is -3.83. The van der Waals surface area contributed by atoms with Crippen LogP contribution >= 0.6 is 0 Å². The van der Waals surface area contributed by atoms with Crippen molar-refractivity contribution in [2.75, 3.05) is 11.5 Å². The van der Waals surface area contributed by atoms with Crippen LogP contribution in [0.3, 0.4) is 0 Å². The molecule has 20 heavy (non-hydrogen) atoms. The Bertz CT molecular complexity index is 638. The zero-order valence-electron chi connectivity index (χ0n) is 10.8. The van der Waals surface area contributed by atoms with Crippen LogP contribution in [0.15, 0.2) is 15.4 Å². The SMILES string of the molecule is Cc1oc(C(=O)O)cc1S(=O)(=O)NC1CCS(=O)CC1. The smallest absolute Gasteiger partial charge is 0.371 e. The number of carboxylic acid groups (broad SMARTS) is 1. The van der Waals surface area contributed by atoms with Crippen molar-refractivity contribution >= 4 is 26.8 Å². The average Bonchev–Trinajstić information content (AvgIpc) is 2.75. The molecule has 1 fully saturated rings. The lowest BCUT2D eigenvalue weighted by Crippen LogP contribution is -2.39. The Morgan fingerprint density at radius 3 is 2.55 bits per heavy atom. The first-order valence-electron chi connectivity index (χ1n) is 6.00. The van der Waals surface area contributed by atoms with Crippen molar-refractivity contribution in [3.05, 3.63) is 17.6 Å². The molecule has 0 unspecified atom stereocenters. The predicted molar refractivity (Wildman–Crippen MR) is 71.6 cm³/mol. The molecule has 0 aliphatic carbocycles. The lowest BCUT2D eigenvalue weighted by molar-refractivity contribution is 0.0661. The number of nitrogens with one attached hydrogen (secondary N) is 1. The number of hydrogen-bond acceptors (Lipinski definition) is 5. The van der Waals surface area contributed by atoms with Crippen molar-refractivity contribution in [2.24, 2.45) is 0 Å². The van der Waals surface area contributed by atoms with Crippen molar-refractivity contribution in [3.63, 3.8) is 0 Å². The van der Waals surface area contributed by atoms with Gasteiger partial charge in [-0.1, -0.05) is 0 Å². The van der Waals surface area contributed by atoms with Gasteiger partial charge in [-0.2, -0.15) is 0 Å². The highest BCUT2D eigenvalue weighted by molar-refractivity contribution is 7.89. The van der Waals surface area contributed by atoms with Crippen molar-refractivity contribution in [1.82, 2.24) is 4.72 Å². The molecule has 7 nitrogen and oxygen atoms in total. The summed E-state index contributed by atoms with van der Waals surface area (Å²) in [5.41, 5.74) is 0. The van der Waals surface area contributed by atoms with E-state index in [2.05, 4.69) is 4.72 Å². The Morgan fingerprint density at radius 1 is 1.45 bits per heavy atom. The van der Waals surface area contributed by atoms with Crippen molar-refractivity contribution in [3.8, 4) is 0 Å². The molecule has 0 bridgehead atoms. The summed E-state index contributed by atoms with van der Waals surface area (Å²) in [6.45, 7) is 1.40. The quantitative estimate of drug-likeness (QED) is 0.833. The Hall–Kier alpha value is -1.19. The number of sulfonamides is 1. The summed E-state index contributed by atoms with van der Waals surface area (Å²) < 4.78 is 43.0. The minimum absolute atomic E-state index is 0.0364. The molecular formula is C11H15NO6S2. The lowest BCUT2D eigenvalue weighted by Gasteiger charge is -2.22. The van der Waals surface area contributed by atoms with Crippen LogP contribution in [0.4, 0.5) is 0 Å². The first-order chi connectivity index (χ1) is 9.29. The van der Waals surface area contributed by atoms with Crippen LogP contribution in [0.5, 0.6) is 0 Å². The zero-order chi connectivity index (χ0) is 14.9. The van der Waals surface area contributed by atoms with Crippen LogP contribution in [0.25, 0.3) is 0 Å². The van der Waals surface area contributed by atoms with Crippen molar-refractivity contribution in [1.29, 1.82) is 0 Å². The largest absolute Gasteiger partial charge is 0.475 e. The van der Waals surface area contributed by atoms with E-state index in [1.54, 1.807) is 0 Å². The van der Waals surface area contributed by atoms with Gasteiger partial charge in [0.1, 0.15) is 10.7 Å². The highest BCUT2D eigenvalue weighted by Gasteiger charge is 2.28. The topological polar surface area (TPSA) is 114 Å². The summed E-state index contributed by atoms with van der Waals surface area (Å²) in [5.74, 6) is -0.750. The number of aryl methyl sites for hydroxylation is 1. The fourth-order valence-electron chi connectivity index (χ4n) is 2.03. The molecule has 0 saturated carbocycles. The van der Waals surface area contributed by atoms with Crippen LogP contribution in [0, 0.1) is 6.92 Å². The van der Waals surface area contributed by atoms with Gasteiger partial charge in [0.05, 0.1) is 0 Å². The molecular weight excluding hydrogens is 306 g/mol. The van der Waals surface area contributed by atoms with Gasteiger partial charge in [0, 0.05) is 34.4 Å². The maximum absolute atomic E-state index is 12.2. The Balaban J connectivity index is 2.18. The highest BCUT2D eigenvalue weighted by atomic mass is 32.2. The van der Waals surface area contributed by atoms with E-state index in [-0.39, 0.29) is 16.7 Å². The molecule has 0 atom stereocenters. The Kier molecular flexibility index (Phi) is 4.31. The molecule has 0 radical (unpaired) electrons. The second-order valence-electron chi connectivity index (χ2n) is 4.58. The summed E-state index contributed by atoms with van der Waals surface area (Å²) in [6.07, 6.45) is 1.02. The molecule has 1 aliphatic heterocycles. The van der Waals surface area contributed by atoms with Crippen LogP contribution < -0.4 is 4.72 Å². The minimum Gasteiger partial charge on any atom is -0.475 e. The molecule has 0 amide bonds. The number of aromatic carboxylic acids is 1. The van der Waals surface area contributed by atoms with E-state index in [1.165, 1.54) is 6.92 Å². The van der Waals surface area contributed by atoms with Gasteiger partial charge in [-0.15, -0.1) is 0 Å². The summed E-state index contributed by atoms with van der Waals surface area (Å²) in [4.78, 5) is 10.6. The zero-order valence-corrected chi connectivity index (χ0v) is 12.4. The normalized spacial score (nSPS) is 23.6. The molecule has 0 spiro atoms. The van der Waals surface area contributed by atoms with Crippen LogP contribution in [0.2, 0.25) is 0 Å². The van der Waals surface area contributed by atoms with Crippen LogP contribution in [0.1, 0.15) is 29.2 Å². The van der Waals surface area contributed by atoms with E-state index >= 15 is 0 Å². The summed E-state index contributed by atoms with van der Waals surface area (Å²) >= 11 is 0. The maximum Gasteiger partial charge on any atom is 0.371 e. The first kappa shape index (κ1) is 15.2. The third-order valence-electron chi connectivity index (χ3n) is 3.08. The van der Waals surface area contributed by atoms with Crippen molar-refractivity contribution in [2.45, 2.75) is 30.7 Å². The predicted octanol–water partition coefficient (Wildman–Crippen LogP) is 0.476. The Morgan fingerprint density at radius 2 is 2.05 bits per heavy atom. The molecule has 1 aliphatic rings. The lowest BCUT2D eigenvalue weighted by atomic mass is 10.2. The second kappa shape index (κ2) is 5.66. The third-order valence-corrected chi connectivity index (χ3v) is 6.09. The van der Waals surface area contributed by atoms with Crippen LogP contribution in [-0.4, -0.2) is 41.3 Å². The van der Waals surface area contributed by atoms with Gasteiger partial charge >= 0.3 is 5.97 Å². The molecule has 1 aromatic rings. The summed E-state index contributed by atoms with van der Waals surface area (Å²) in [5, 5.41) is 8.80. The van der Waals surface area contributed by atoms with Gasteiger partial charge in [-0.05, 0) is 19.8 Å². The number of rotatable bonds is 4. The molecule has 2 N–H and O–H groups in total. The molecule has 0 aromatic carbocycles. The average molecular weight is 321 g/mol. The summed E-state index contributed by atoms with van der Waals surface area (Å²) in [7, 11) is -4.70. The van der Waals surface area contributed by atoms with Gasteiger partial charge in [0.15, 0.2) is 0 Å². The van der Waals surface area contributed by atoms with E-state index in [0.29, 0.717) is 24.3 Å². The highest BCUT2D eigenvalue weighted by Crippen LogP contribution is 2.21. The summed E-state index contributed by atoms with van der Waals surface area (Å²) in [6, 6.07) is 0.723. The monoisotopic (exact) mass is 321 g/mol. The standard InChI is InChI=1S/C11H15NO6S2/c1-7-10(6-9(18-7)11(13)14)20(16,17)12-8-2-4-19(15)5-3-8/h6,8,12H,2-5H2,1H3,(H,13,14). The van der Waals surface area contributed by atoms with Crippen LogP contribution in [-0.2, 0) is 20.8 Å². The van der Waals surface area contributed by atoms with E-state index in [1.807, 2.05) is 0 Å². The number of furan rings is 1. The van der Waals surface area contributed by atoms with Gasteiger partial charge in [-0.25, -0.2) is 17.9 Å². The molecule has 2 heterocycles. The van der Waals surface area contributed by atoms with Gasteiger partial charge in [0.25, 0.3) is 0 Å². The number of carboxylic acids is 1. The van der Waals surface area contributed by atoms with E-state index in [4.69, 9.17) is 9.52 Å². The first-order valence-corrected chi connectivity index (χ1v) is 8.98.